The van der Waals surface area contributed by atoms with Crippen molar-refractivity contribution in [1.82, 2.24) is 0 Å². The van der Waals surface area contributed by atoms with Crippen molar-refractivity contribution in [2.24, 2.45) is 0 Å². The van der Waals surface area contributed by atoms with E-state index in [0.717, 1.165) is 16.7 Å². The number of benzene rings is 2. The van der Waals surface area contributed by atoms with Crippen LogP contribution in [0.25, 0.3) is 12.2 Å². The lowest BCUT2D eigenvalue weighted by molar-refractivity contribution is 0.0988. The third-order valence-electron chi connectivity index (χ3n) is 3.67. The highest BCUT2D eigenvalue weighted by atomic mass is 16.1. The van der Waals surface area contributed by atoms with Crippen molar-refractivity contribution in [3.05, 3.63) is 82.4 Å². The van der Waals surface area contributed by atoms with Crippen LogP contribution < -0.4 is 0 Å². The summed E-state index contributed by atoms with van der Waals surface area (Å²) in [5.74, 6) is 0.192. The van der Waals surface area contributed by atoms with Crippen molar-refractivity contribution in [3.63, 3.8) is 0 Å². The van der Waals surface area contributed by atoms with E-state index in [9.17, 15) is 4.79 Å². The molecule has 0 aromatic heterocycles. The molecule has 1 nitrogen and oxygen atoms in total. The molecule has 2 aromatic carbocycles. The molecule has 0 spiro atoms. The number of ketones is 1. The van der Waals surface area contributed by atoms with Crippen LogP contribution in [0.1, 0.15) is 46.0 Å². The van der Waals surface area contributed by atoms with Crippen LogP contribution >= 0.6 is 0 Å². The first kappa shape index (κ1) is 16.0. The topological polar surface area (TPSA) is 17.1 Å². The Bertz CT molecular complexity index is 703. The Labute approximate surface area is 133 Å². The van der Waals surface area contributed by atoms with E-state index >= 15 is 0 Å². The Balaban J connectivity index is 2.07. The molecule has 0 N–H and O–H groups in total. The first-order valence-corrected chi connectivity index (χ1v) is 7.65. The highest BCUT2D eigenvalue weighted by molar-refractivity contribution is 5.96. The van der Waals surface area contributed by atoms with Crippen molar-refractivity contribution in [2.45, 2.75) is 27.2 Å². The zero-order valence-corrected chi connectivity index (χ0v) is 13.5. The van der Waals surface area contributed by atoms with E-state index in [1.54, 1.807) is 0 Å². The predicted molar refractivity (Wildman–Crippen MR) is 95.0 cm³/mol. The molecule has 0 aliphatic carbocycles. The molecular formula is C21H22O. The molecule has 0 radical (unpaired) electrons. The van der Waals surface area contributed by atoms with Gasteiger partial charge in [0, 0.05) is 12.0 Å². The molecule has 0 heterocycles. The summed E-state index contributed by atoms with van der Waals surface area (Å²) >= 11 is 0. The largest absolute Gasteiger partial charge is 0.294 e. The minimum absolute atomic E-state index is 0.192. The van der Waals surface area contributed by atoms with Gasteiger partial charge in [-0.2, -0.15) is 0 Å². The van der Waals surface area contributed by atoms with Gasteiger partial charge in [-0.05, 0) is 36.6 Å². The van der Waals surface area contributed by atoms with Gasteiger partial charge in [0.1, 0.15) is 0 Å². The van der Waals surface area contributed by atoms with E-state index in [0.29, 0.717) is 6.42 Å². The van der Waals surface area contributed by atoms with Crippen LogP contribution in [-0.2, 0) is 0 Å². The van der Waals surface area contributed by atoms with Crippen molar-refractivity contribution in [1.29, 1.82) is 0 Å². The fourth-order valence-corrected chi connectivity index (χ4v) is 2.24. The molecule has 2 rings (SSSR count). The van der Waals surface area contributed by atoms with Gasteiger partial charge in [0.25, 0.3) is 0 Å². The van der Waals surface area contributed by atoms with Gasteiger partial charge < -0.3 is 0 Å². The summed E-state index contributed by atoms with van der Waals surface area (Å²) < 4.78 is 0. The van der Waals surface area contributed by atoms with E-state index in [-0.39, 0.29) is 5.78 Å². The Morgan fingerprint density at radius 1 is 0.955 bits per heavy atom. The lowest BCUT2D eigenvalue weighted by Gasteiger charge is -2.03. The maximum Gasteiger partial charge on any atom is 0.162 e. The second-order valence-corrected chi connectivity index (χ2v) is 5.48. The summed E-state index contributed by atoms with van der Waals surface area (Å²) in [5.41, 5.74) is 5.52. The van der Waals surface area contributed by atoms with Crippen molar-refractivity contribution < 1.29 is 4.79 Å². The van der Waals surface area contributed by atoms with Gasteiger partial charge >= 0.3 is 0 Å². The van der Waals surface area contributed by atoms with Crippen LogP contribution in [0.5, 0.6) is 0 Å². The van der Waals surface area contributed by atoms with E-state index in [4.69, 9.17) is 0 Å². The average Bonchev–Trinajstić information content (AvgIpc) is 2.53. The van der Waals surface area contributed by atoms with Crippen LogP contribution in [0, 0.1) is 13.8 Å². The van der Waals surface area contributed by atoms with Crippen LogP contribution in [-0.4, -0.2) is 5.78 Å². The molecule has 0 saturated carbocycles. The van der Waals surface area contributed by atoms with E-state index < -0.39 is 0 Å². The average molecular weight is 290 g/mol. The number of aryl methyl sites for hydroxylation is 2. The minimum atomic E-state index is 0.192. The molecule has 2 aromatic rings. The molecule has 0 saturated heterocycles. The number of rotatable bonds is 5. The fourth-order valence-electron chi connectivity index (χ4n) is 2.24. The highest BCUT2D eigenvalue weighted by Crippen LogP contribution is 2.14. The fraction of sp³-hybridized carbons (Fsp3) is 0.190. The Hall–Kier alpha value is -2.41. The lowest BCUT2D eigenvalue weighted by atomic mass is 10.0. The highest BCUT2D eigenvalue weighted by Gasteiger charge is 2.03. The second-order valence-electron chi connectivity index (χ2n) is 5.48. The molecule has 22 heavy (non-hydrogen) atoms. The van der Waals surface area contributed by atoms with Gasteiger partial charge in [0.15, 0.2) is 5.78 Å². The zero-order valence-electron chi connectivity index (χ0n) is 13.5. The predicted octanol–water partition coefficient (Wildman–Crippen LogP) is 5.62. The molecule has 0 aliphatic heterocycles. The third kappa shape index (κ3) is 4.29. The molecule has 1 heteroatoms. The van der Waals surface area contributed by atoms with Gasteiger partial charge in [0.05, 0.1) is 0 Å². The van der Waals surface area contributed by atoms with Gasteiger partial charge in [-0.15, -0.1) is 0 Å². The van der Waals surface area contributed by atoms with Crippen LogP contribution in [0.3, 0.4) is 0 Å². The van der Waals surface area contributed by atoms with Gasteiger partial charge in [-0.1, -0.05) is 73.2 Å². The third-order valence-corrected chi connectivity index (χ3v) is 3.67. The van der Waals surface area contributed by atoms with Crippen LogP contribution in [0.2, 0.25) is 0 Å². The first-order chi connectivity index (χ1) is 10.6. The Morgan fingerprint density at radius 2 is 1.64 bits per heavy atom. The smallest absolute Gasteiger partial charge is 0.162 e. The second kappa shape index (κ2) is 7.56. The maximum atomic E-state index is 11.7. The summed E-state index contributed by atoms with van der Waals surface area (Å²) in [5, 5.41) is 0. The standard InChI is InChI=1S/C21H22O/c1-4-21(22)20-14-13-19(17(3)15-20)8-6-5-7-18-11-9-16(2)10-12-18/h5-15H,4H2,1-3H3. The molecular weight excluding hydrogens is 268 g/mol. The molecule has 0 amide bonds. The molecule has 0 bridgehead atoms. The van der Waals surface area contributed by atoms with E-state index in [1.807, 2.05) is 44.2 Å². The summed E-state index contributed by atoms with van der Waals surface area (Å²) in [6.07, 6.45) is 8.77. The molecule has 112 valence electrons. The number of hydrogen-bond acceptors (Lipinski definition) is 1. The number of carbonyl (C=O) groups is 1. The quantitative estimate of drug-likeness (QED) is 0.515. The number of allylic oxidation sites excluding steroid dienone is 2. The Kier molecular flexibility index (Phi) is 5.48. The monoisotopic (exact) mass is 290 g/mol. The van der Waals surface area contributed by atoms with Crippen molar-refractivity contribution in [2.75, 3.05) is 0 Å². The number of carbonyl (C=O) groups excluding carboxylic acids is 1. The lowest BCUT2D eigenvalue weighted by Crippen LogP contribution is -1.97. The summed E-state index contributed by atoms with van der Waals surface area (Å²) in [7, 11) is 0. The molecule has 0 aliphatic rings. The zero-order chi connectivity index (χ0) is 15.9. The minimum Gasteiger partial charge on any atom is -0.294 e. The van der Waals surface area contributed by atoms with Crippen LogP contribution in [0.4, 0.5) is 0 Å². The number of hydrogen-bond donors (Lipinski definition) is 0. The first-order valence-electron chi connectivity index (χ1n) is 7.65. The van der Waals surface area contributed by atoms with Gasteiger partial charge in [-0.3, -0.25) is 4.79 Å². The summed E-state index contributed by atoms with van der Waals surface area (Å²) in [4.78, 5) is 11.7. The van der Waals surface area contributed by atoms with Gasteiger partial charge in [-0.25, -0.2) is 0 Å². The van der Waals surface area contributed by atoms with Gasteiger partial charge in [0.2, 0.25) is 0 Å². The normalized spacial score (nSPS) is 11.4. The molecule has 0 fully saturated rings. The Morgan fingerprint density at radius 3 is 2.27 bits per heavy atom. The number of Topliss-reactive ketones (excluding diaryl/α,β-unsaturated/α-hetero) is 1. The van der Waals surface area contributed by atoms with Crippen molar-refractivity contribution in [3.8, 4) is 0 Å². The van der Waals surface area contributed by atoms with Crippen LogP contribution in [0.15, 0.2) is 54.6 Å². The van der Waals surface area contributed by atoms with Crippen molar-refractivity contribution >= 4 is 17.9 Å². The van der Waals surface area contributed by atoms with E-state index in [1.165, 1.54) is 11.1 Å². The summed E-state index contributed by atoms with van der Waals surface area (Å²) in [6, 6.07) is 14.3. The van der Waals surface area contributed by atoms with E-state index in [2.05, 4.69) is 43.3 Å². The maximum absolute atomic E-state index is 11.7. The molecule has 0 unspecified atom stereocenters. The summed E-state index contributed by atoms with van der Waals surface area (Å²) in [6.45, 7) is 6.01. The molecule has 0 atom stereocenters. The SMILES string of the molecule is CCC(=O)c1ccc(C=CC=Cc2ccc(C)cc2)c(C)c1.